The molecule has 5 rings (SSSR count). The summed E-state index contributed by atoms with van der Waals surface area (Å²) in [5.74, 6) is -0.0356. The lowest BCUT2D eigenvalue weighted by Crippen LogP contribution is -2.62. The molecular formula is C30H40O4. The van der Waals surface area contributed by atoms with E-state index in [0.717, 1.165) is 56.1 Å². The van der Waals surface area contributed by atoms with Gasteiger partial charge in [-0.15, -0.1) is 0 Å². The third-order valence-electron chi connectivity index (χ3n) is 11.6. The Morgan fingerprint density at radius 3 is 2.35 bits per heavy atom. The second kappa shape index (κ2) is 6.98. The van der Waals surface area contributed by atoms with Gasteiger partial charge in [-0.1, -0.05) is 45.4 Å². The van der Waals surface area contributed by atoms with E-state index < -0.39 is 5.41 Å². The molecule has 6 atom stereocenters. The molecule has 3 fully saturated rings. The van der Waals surface area contributed by atoms with Crippen LogP contribution in [0.4, 0.5) is 0 Å². The van der Waals surface area contributed by atoms with E-state index in [0.29, 0.717) is 11.5 Å². The number of hydrogen-bond donors (Lipinski definition) is 1. The molecule has 5 aliphatic carbocycles. The van der Waals surface area contributed by atoms with E-state index >= 15 is 0 Å². The van der Waals surface area contributed by atoms with Gasteiger partial charge in [0.2, 0.25) is 5.78 Å². The molecule has 0 aromatic heterocycles. The van der Waals surface area contributed by atoms with Gasteiger partial charge < -0.3 is 9.84 Å². The van der Waals surface area contributed by atoms with E-state index in [1.54, 1.807) is 6.08 Å². The van der Waals surface area contributed by atoms with E-state index in [4.69, 9.17) is 4.74 Å². The van der Waals surface area contributed by atoms with Crippen LogP contribution in [0.3, 0.4) is 0 Å². The first-order chi connectivity index (χ1) is 15.8. The Hall–Kier alpha value is -2.10. The summed E-state index contributed by atoms with van der Waals surface area (Å²) in [6.45, 7) is 13.7. The number of ether oxygens (including phenoxy) is 1. The molecule has 34 heavy (non-hydrogen) atoms. The molecule has 0 heterocycles. The van der Waals surface area contributed by atoms with Gasteiger partial charge in [-0.3, -0.25) is 9.59 Å². The summed E-state index contributed by atoms with van der Waals surface area (Å²) in [4.78, 5) is 25.5. The Labute approximate surface area is 204 Å². The van der Waals surface area contributed by atoms with Crippen LogP contribution in [-0.2, 0) is 14.3 Å². The highest BCUT2D eigenvalue weighted by molar-refractivity contribution is 6.06. The first kappa shape index (κ1) is 23.6. The van der Waals surface area contributed by atoms with Gasteiger partial charge >= 0.3 is 5.97 Å². The highest BCUT2D eigenvalue weighted by Crippen LogP contribution is 2.75. The highest BCUT2D eigenvalue weighted by atomic mass is 16.5. The molecule has 184 valence electrons. The van der Waals surface area contributed by atoms with Crippen LogP contribution in [-0.4, -0.2) is 24.0 Å². The third kappa shape index (κ3) is 2.72. The van der Waals surface area contributed by atoms with E-state index in [9.17, 15) is 14.7 Å². The van der Waals surface area contributed by atoms with E-state index in [1.165, 1.54) is 12.7 Å². The van der Waals surface area contributed by atoms with Crippen LogP contribution in [0.25, 0.3) is 0 Å². The predicted octanol–water partition coefficient (Wildman–Crippen LogP) is 6.79. The van der Waals surface area contributed by atoms with Crippen molar-refractivity contribution in [1.29, 1.82) is 0 Å². The number of allylic oxidation sites excluding steroid dienone is 7. The SMILES string of the molecule is COC(=O)C1(C)CCC2(C)CCC3(C)C4=CC=C5C(=CC(=O)C(O)=C5C)C4(C)CCC3(C)C2C1. The summed E-state index contributed by atoms with van der Waals surface area (Å²) in [7, 11) is 1.52. The number of carbonyl (C=O) groups is 2. The van der Waals surface area contributed by atoms with Gasteiger partial charge in [-0.05, 0) is 98.2 Å². The summed E-state index contributed by atoms with van der Waals surface area (Å²) >= 11 is 0. The molecule has 1 N–H and O–H groups in total. The molecule has 3 saturated carbocycles. The summed E-state index contributed by atoms with van der Waals surface area (Å²) < 4.78 is 5.27. The number of hydrogen-bond acceptors (Lipinski definition) is 4. The molecule has 0 amide bonds. The van der Waals surface area contributed by atoms with Crippen LogP contribution in [0.1, 0.15) is 86.5 Å². The minimum atomic E-state index is -0.424. The van der Waals surface area contributed by atoms with Crippen LogP contribution < -0.4 is 0 Å². The molecule has 0 saturated heterocycles. The first-order valence-corrected chi connectivity index (χ1v) is 12.9. The largest absolute Gasteiger partial charge is 0.504 e. The van der Waals surface area contributed by atoms with Crippen molar-refractivity contribution in [2.75, 3.05) is 7.11 Å². The average Bonchev–Trinajstić information content (AvgIpc) is 2.80. The minimum Gasteiger partial charge on any atom is -0.504 e. The number of carbonyl (C=O) groups excluding carboxylic acids is 2. The van der Waals surface area contributed by atoms with Gasteiger partial charge in [-0.25, -0.2) is 0 Å². The van der Waals surface area contributed by atoms with Crippen LogP contribution in [0.15, 0.2) is 46.3 Å². The van der Waals surface area contributed by atoms with E-state index in [-0.39, 0.29) is 39.2 Å². The van der Waals surface area contributed by atoms with Crippen LogP contribution in [0, 0.1) is 33.0 Å². The topological polar surface area (TPSA) is 63.6 Å². The van der Waals surface area contributed by atoms with Gasteiger partial charge in [-0.2, -0.15) is 0 Å². The maximum Gasteiger partial charge on any atom is 0.311 e. The zero-order chi connectivity index (χ0) is 24.9. The van der Waals surface area contributed by atoms with Crippen molar-refractivity contribution in [3.63, 3.8) is 0 Å². The lowest BCUT2D eigenvalue weighted by Gasteiger charge is -2.70. The Kier molecular flexibility index (Phi) is 4.85. The first-order valence-electron chi connectivity index (χ1n) is 12.9. The monoisotopic (exact) mass is 464 g/mol. The van der Waals surface area contributed by atoms with Gasteiger partial charge in [0, 0.05) is 11.0 Å². The predicted molar refractivity (Wildman–Crippen MR) is 133 cm³/mol. The molecule has 0 spiro atoms. The smallest absolute Gasteiger partial charge is 0.311 e. The quantitative estimate of drug-likeness (QED) is 0.434. The van der Waals surface area contributed by atoms with Crippen molar-refractivity contribution < 1.29 is 19.4 Å². The second-order valence-electron chi connectivity index (χ2n) is 13.1. The summed E-state index contributed by atoms with van der Waals surface area (Å²) in [5.41, 5.74) is 3.82. The Morgan fingerprint density at radius 1 is 1.00 bits per heavy atom. The Balaban J connectivity index is 1.63. The van der Waals surface area contributed by atoms with Crippen LogP contribution in [0.5, 0.6) is 0 Å². The summed E-state index contributed by atoms with van der Waals surface area (Å²) in [5, 5.41) is 10.3. The molecule has 4 heteroatoms. The fourth-order valence-corrected chi connectivity index (χ4v) is 8.89. The summed E-state index contributed by atoms with van der Waals surface area (Å²) in [6, 6.07) is 0. The number of fused-ring (bicyclic) bond motifs is 7. The van der Waals surface area contributed by atoms with E-state index in [1.807, 2.05) is 6.92 Å². The zero-order valence-electron chi connectivity index (χ0n) is 21.9. The van der Waals surface area contributed by atoms with Gasteiger partial charge in [0.25, 0.3) is 0 Å². The molecule has 0 aromatic rings. The van der Waals surface area contributed by atoms with Crippen molar-refractivity contribution in [3.05, 3.63) is 46.3 Å². The number of aliphatic hydroxyl groups excluding tert-OH is 1. The maximum atomic E-state index is 12.8. The molecule has 0 aromatic carbocycles. The summed E-state index contributed by atoms with van der Waals surface area (Å²) in [6.07, 6.45) is 13.3. The van der Waals surface area contributed by atoms with Crippen molar-refractivity contribution in [1.82, 2.24) is 0 Å². The fourth-order valence-electron chi connectivity index (χ4n) is 8.89. The molecular weight excluding hydrogens is 424 g/mol. The average molecular weight is 465 g/mol. The Morgan fingerprint density at radius 2 is 1.68 bits per heavy atom. The molecule has 6 unspecified atom stereocenters. The van der Waals surface area contributed by atoms with Crippen molar-refractivity contribution in [2.45, 2.75) is 86.5 Å². The maximum absolute atomic E-state index is 12.8. The number of esters is 1. The molecule has 0 aliphatic heterocycles. The zero-order valence-corrected chi connectivity index (χ0v) is 21.9. The minimum absolute atomic E-state index is 0.0262. The number of rotatable bonds is 1. The standard InChI is InChI=1S/C30H40O4/c1-18-19-8-9-22-28(4,20(19)16-21(31)24(18)32)13-15-30(6)23-17-27(3,25(33)34-7)11-10-26(23,2)12-14-29(22,30)5/h8-9,16,23,32H,10-15,17H2,1-7H3. The fraction of sp³-hybridized carbons (Fsp3) is 0.667. The highest BCUT2D eigenvalue weighted by Gasteiger charge is 2.67. The van der Waals surface area contributed by atoms with Crippen molar-refractivity contribution >= 4 is 11.8 Å². The molecule has 4 nitrogen and oxygen atoms in total. The molecule has 5 aliphatic rings. The van der Waals surface area contributed by atoms with Crippen molar-refractivity contribution in [2.24, 2.45) is 33.0 Å². The molecule has 0 radical (unpaired) electrons. The lowest BCUT2D eigenvalue weighted by molar-refractivity contribution is -0.180. The van der Waals surface area contributed by atoms with E-state index in [2.05, 4.69) is 46.8 Å². The molecule has 0 bridgehead atoms. The Bertz CT molecular complexity index is 1120. The normalized spacial score (nSPS) is 45.7. The number of ketones is 1. The number of aliphatic hydroxyl groups is 1. The number of methoxy groups -OCH3 is 1. The van der Waals surface area contributed by atoms with Crippen LogP contribution in [0.2, 0.25) is 0 Å². The lowest BCUT2D eigenvalue weighted by atomic mass is 9.34. The third-order valence-corrected chi connectivity index (χ3v) is 11.6. The second-order valence-corrected chi connectivity index (χ2v) is 13.1. The van der Waals surface area contributed by atoms with Gasteiger partial charge in [0.05, 0.1) is 12.5 Å². The van der Waals surface area contributed by atoms with Gasteiger partial charge in [0.1, 0.15) is 0 Å². The van der Waals surface area contributed by atoms with Crippen molar-refractivity contribution in [3.8, 4) is 0 Å². The van der Waals surface area contributed by atoms with Crippen LogP contribution >= 0.6 is 0 Å². The van der Waals surface area contributed by atoms with Gasteiger partial charge in [0.15, 0.2) is 5.76 Å².